The van der Waals surface area contributed by atoms with Crippen molar-refractivity contribution in [1.82, 2.24) is 14.7 Å². The molecule has 4 rings (SSSR count). The topological polar surface area (TPSA) is 90.4 Å². The molecule has 3 heterocycles. The van der Waals surface area contributed by atoms with Crippen LogP contribution >= 0.6 is 15.9 Å². The van der Waals surface area contributed by atoms with Gasteiger partial charge in [0.25, 0.3) is 0 Å². The SMILES string of the molecule is C=CCN(Cc1ccccc1)C(=O)[C@H]1[C@H]2C(=O)N(CCCCCO)C(C(=O)N(CC=C)C(C)CCC)C23CC(Br)[C@@H]1O3. The summed E-state index contributed by atoms with van der Waals surface area (Å²) in [6.07, 6.45) is 7.16. The van der Waals surface area contributed by atoms with Gasteiger partial charge in [0.2, 0.25) is 17.7 Å². The number of aliphatic hydroxyl groups excluding tert-OH is 1. The largest absolute Gasteiger partial charge is 0.396 e. The van der Waals surface area contributed by atoms with Crippen LogP contribution in [0.4, 0.5) is 0 Å². The fraction of sp³-hybridized carbons (Fsp3) is 0.606. The number of nitrogens with zero attached hydrogens (tertiary/aromatic N) is 3. The molecule has 8 nitrogen and oxygen atoms in total. The molecule has 0 saturated carbocycles. The maximum atomic E-state index is 14.5. The van der Waals surface area contributed by atoms with Crippen LogP contribution in [0, 0.1) is 11.8 Å². The van der Waals surface area contributed by atoms with Gasteiger partial charge < -0.3 is 24.5 Å². The number of unbranched alkanes of at least 4 members (excludes halogenated alkanes) is 2. The van der Waals surface area contributed by atoms with E-state index in [2.05, 4.69) is 36.0 Å². The number of carbonyl (C=O) groups excluding carboxylic acids is 3. The number of alkyl halides is 1. The Morgan fingerprint density at radius 2 is 1.88 bits per heavy atom. The molecule has 9 heteroatoms. The van der Waals surface area contributed by atoms with Gasteiger partial charge in [-0.15, -0.1) is 13.2 Å². The van der Waals surface area contributed by atoms with Gasteiger partial charge in [-0.05, 0) is 44.6 Å². The summed E-state index contributed by atoms with van der Waals surface area (Å²) in [6.45, 7) is 13.4. The van der Waals surface area contributed by atoms with E-state index in [1.54, 1.807) is 22.0 Å². The summed E-state index contributed by atoms with van der Waals surface area (Å²) >= 11 is 3.79. The van der Waals surface area contributed by atoms with E-state index in [-0.39, 0.29) is 35.2 Å². The van der Waals surface area contributed by atoms with E-state index in [0.717, 1.165) is 24.8 Å². The zero-order chi connectivity index (χ0) is 30.4. The highest BCUT2D eigenvalue weighted by atomic mass is 79.9. The predicted octanol–water partition coefficient (Wildman–Crippen LogP) is 4.32. The molecule has 2 bridgehead atoms. The van der Waals surface area contributed by atoms with Crippen LogP contribution in [-0.2, 0) is 25.7 Å². The number of halogens is 1. The Labute approximate surface area is 258 Å². The summed E-state index contributed by atoms with van der Waals surface area (Å²) < 4.78 is 6.74. The number of ether oxygens (including phenoxy) is 1. The van der Waals surface area contributed by atoms with Crippen LogP contribution in [-0.4, -0.2) is 92.4 Å². The fourth-order valence-corrected chi connectivity index (χ4v) is 8.20. The second-order valence-corrected chi connectivity index (χ2v) is 13.1. The van der Waals surface area contributed by atoms with E-state index in [9.17, 15) is 19.5 Å². The van der Waals surface area contributed by atoms with Crippen molar-refractivity contribution < 1.29 is 24.2 Å². The van der Waals surface area contributed by atoms with Gasteiger partial charge in [-0.1, -0.05) is 71.8 Å². The van der Waals surface area contributed by atoms with E-state index in [1.165, 1.54) is 0 Å². The van der Waals surface area contributed by atoms with Crippen molar-refractivity contribution in [1.29, 1.82) is 0 Å². The number of likely N-dealkylation sites (tertiary alicyclic amines) is 1. The average Bonchev–Trinajstić information content (AvgIpc) is 3.57. The number of hydrogen-bond donors (Lipinski definition) is 1. The molecule has 7 atom stereocenters. The van der Waals surface area contributed by atoms with Gasteiger partial charge in [0.15, 0.2) is 0 Å². The molecule has 1 spiro atoms. The van der Waals surface area contributed by atoms with E-state index >= 15 is 0 Å². The van der Waals surface area contributed by atoms with Gasteiger partial charge in [0, 0.05) is 43.7 Å². The third-order valence-corrected chi connectivity index (χ3v) is 9.93. The minimum absolute atomic E-state index is 0.0351. The molecule has 0 radical (unpaired) electrons. The summed E-state index contributed by atoms with van der Waals surface area (Å²) in [7, 11) is 0. The summed E-state index contributed by atoms with van der Waals surface area (Å²) in [6, 6.07) is 8.91. The number of carbonyl (C=O) groups is 3. The van der Waals surface area contributed by atoms with E-state index in [0.29, 0.717) is 45.4 Å². The quantitative estimate of drug-likeness (QED) is 0.165. The zero-order valence-corrected chi connectivity index (χ0v) is 26.6. The Morgan fingerprint density at radius 1 is 1.17 bits per heavy atom. The molecule has 230 valence electrons. The lowest BCUT2D eigenvalue weighted by atomic mass is 9.70. The summed E-state index contributed by atoms with van der Waals surface area (Å²) in [5.74, 6) is -1.93. The van der Waals surface area contributed by atoms with Crippen LogP contribution in [0.2, 0.25) is 0 Å². The van der Waals surface area contributed by atoms with Crippen LogP contribution in [0.25, 0.3) is 0 Å². The number of aliphatic hydroxyl groups is 1. The van der Waals surface area contributed by atoms with Crippen molar-refractivity contribution in [3.63, 3.8) is 0 Å². The number of rotatable bonds is 16. The molecule has 3 saturated heterocycles. The first-order valence-electron chi connectivity index (χ1n) is 15.3. The molecule has 3 fully saturated rings. The Hall–Kier alpha value is -2.49. The minimum Gasteiger partial charge on any atom is -0.396 e. The Morgan fingerprint density at radius 3 is 2.52 bits per heavy atom. The fourth-order valence-electron chi connectivity index (χ4n) is 7.26. The van der Waals surface area contributed by atoms with Gasteiger partial charge in [0.1, 0.15) is 11.6 Å². The van der Waals surface area contributed by atoms with Crippen molar-refractivity contribution in [2.75, 3.05) is 26.2 Å². The van der Waals surface area contributed by atoms with Crippen LogP contribution in [0.15, 0.2) is 55.6 Å². The van der Waals surface area contributed by atoms with Gasteiger partial charge in [0.05, 0.1) is 17.9 Å². The number of amides is 3. The summed E-state index contributed by atoms with van der Waals surface area (Å²) in [5.41, 5.74) is -0.106. The Kier molecular flexibility index (Phi) is 11.1. The molecule has 0 aromatic heterocycles. The van der Waals surface area contributed by atoms with Crippen LogP contribution < -0.4 is 0 Å². The minimum atomic E-state index is -1.09. The molecule has 4 unspecified atom stereocenters. The number of benzene rings is 1. The van der Waals surface area contributed by atoms with Gasteiger partial charge >= 0.3 is 0 Å². The lowest BCUT2D eigenvalue weighted by Crippen LogP contribution is -2.58. The average molecular weight is 645 g/mol. The molecule has 3 aliphatic rings. The maximum Gasteiger partial charge on any atom is 0.248 e. The second kappa shape index (κ2) is 14.3. The van der Waals surface area contributed by atoms with E-state index < -0.39 is 29.6 Å². The summed E-state index contributed by atoms with van der Waals surface area (Å²) in [4.78, 5) is 48.3. The first kappa shape index (κ1) is 32.4. The molecule has 0 aliphatic carbocycles. The molecule has 1 aromatic rings. The number of fused-ring (bicyclic) bond motifs is 1. The van der Waals surface area contributed by atoms with Crippen molar-refractivity contribution in [2.45, 2.75) is 87.5 Å². The van der Waals surface area contributed by atoms with Crippen LogP contribution in [0.3, 0.4) is 0 Å². The predicted molar refractivity (Wildman–Crippen MR) is 167 cm³/mol. The third-order valence-electron chi connectivity index (χ3n) is 9.09. The first-order valence-corrected chi connectivity index (χ1v) is 16.2. The summed E-state index contributed by atoms with van der Waals surface area (Å²) in [5, 5.41) is 9.31. The van der Waals surface area contributed by atoms with Crippen LogP contribution in [0.5, 0.6) is 0 Å². The van der Waals surface area contributed by atoms with E-state index in [1.807, 2.05) is 42.2 Å². The molecule has 1 N–H and O–H groups in total. The maximum absolute atomic E-state index is 14.5. The molecule has 1 aromatic carbocycles. The second-order valence-electron chi connectivity index (χ2n) is 11.9. The lowest BCUT2D eigenvalue weighted by molar-refractivity contribution is -0.150. The van der Waals surface area contributed by atoms with Gasteiger partial charge in [-0.3, -0.25) is 14.4 Å². The van der Waals surface area contributed by atoms with Crippen molar-refractivity contribution in [3.8, 4) is 0 Å². The van der Waals surface area contributed by atoms with E-state index in [4.69, 9.17) is 4.74 Å². The molecule has 3 aliphatic heterocycles. The smallest absolute Gasteiger partial charge is 0.248 e. The van der Waals surface area contributed by atoms with Crippen molar-refractivity contribution >= 4 is 33.7 Å². The highest BCUT2D eigenvalue weighted by Gasteiger charge is 2.76. The molecular formula is C33H46BrN3O5. The Balaban J connectivity index is 1.72. The molecular weight excluding hydrogens is 598 g/mol. The van der Waals surface area contributed by atoms with Gasteiger partial charge in [-0.25, -0.2) is 0 Å². The van der Waals surface area contributed by atoms with Crippen molar-refractivity contribution in [3.05, 3.63) is 61.2 Å². The number of hydrogen-bond acceptors (Lipinski definition) is 5. The van der Waals surface area contributed by atoms with Crippen LogP contribution in [0.1, 0.15) is 57.9 Å². The first-order chi connectivity index (χ1) is 20.2. The molecule has 3 amide bonds. The third kappa shape index (κ3) is 6.10. The zero-order valence-electron chi connectivity index (χ0n) is 25.0. The van der Waals surface area contributed by atoms with Crippen molar-refractivity contribution in [2.24, 2.45) is 11.8 Å². The monoisotopic (exact) mass is 643 g/mol. The normalized spacial score (nSPS) is 28.4. The highest BCUT2D eigenvalue weighted by Crippen LogP contribution is 2.60. The Bertz CT molecular complexity index is 1130. The lowest BCUT2D eigenvalue weighted by Gasteiger charge is -2.39. The standard InChI is InChI=1S/C33H46BrN3O5/c1-5-14-23(4)36(18-7-3)32(41)29-33-21-25(34)28(42-33)26(27(33)31(40)37(29)19-12-9-13-20-38)30(39)35(17-6-2)22-24-15-10-8-11-16-24/h6-8,10-11,15-16,23,25-29,38H,2-3,5,9,12-14,17-22H2,1,4H3/t23?,25?,26-,27-,28-,29?,33?/m0/s1. The van der Waals surface area contributed by atoms with Gasteiger partial charge in [-0.2, -0.15) is 0 Å². The molecule has 42 heavy (non-hydrogen) atoms. The highest BCUT2D eigenvalue weighted by molar-refractivity contribution is 9.09.